The van der Waals surface area contributed by atoms with Crippen molar-refractivity contribution < 1.29 is 0 Å². The molecule has 0 amide bonds. The van der Waals surface area contributed by atoms with Gasteiger partial charge in [-0.25, -0.2) is 0 Å². The molecule has 19 heavy (non-hydrogen) atoms. The summed E-state index contributed by atoms with van der Waals surface area (Å²) in [5, 5.41) is 4.56. The van der Waals surface area contributed by atoms with Crippen molar-refractivity contribution in [3.8, 4) is 12.3 Å². The van der Waals surface area contributed by atoms with E-state index in [4.69, 9.17) is 18.6 Å². The maximum atomic E-state index is 5.40. The molecule has 0 aromatic carbocycles. The minimum absolute atomic E-state index is 0.743. The second-order valence-electron chi connectivity index (χ2n) is 4.36. The highest BCUT2D eigenvalue weighted by molar-refractivity contribution is 7.99. The van der Waals surface area contributed by atoms with Crippen molar-refractivity contribution in [3.63, 3.8) is 0 Å². The first-order valence-electron chi connectivity index (χ1n) is 6.34. The summed E-state index contributed by atoms with van der Waals surface area (Å²) in [6, 6.07) is 0. The van der Waals surface area contributed by atoms with Gasteiger partial charge in [0, 0.05) is 19.3 Å². The normalized spacial score (nSPS) is 11.0. The number of hydrogen-bond donors (Lipinski definition) is 1. The lowest BCUT2D eigenvalue weighted by Crippen LogP contribution is -2.05. The molecule has 2 aromatic rings. The van der Waals surface area contributed by atoms with Gasteiger partial charge in [-0.1, -0.05) is 19.3 Å². The average Bonchev–Trinajstić information content (AvgIpc) is 2.85. The molecule has 0 saturated carbocycles. The number of thioether (sulfide) groups is 1. The van der Waals surface area contributed by atoms with E-state index in [1.54, 1.807) is 11.8 Å². The molecule has 1 N–H and O–H groups in total. The van der Waals surface area contributed by atoms with Crippen molar-refractivity contribution in [2.75, 3.05) is 11.5 Å². The second kappa shape index (κ2) is 6.31. The molecule has 0 fully saturated rings. The number of aromatic nitrogens is 4. The van der Waals surface area contributed by atoms with Crippen molar-refractivity contribution in [2.45, 2.75) is 26.3 Å². The van der Waals surface area contributed by atoms with Crippen LogP contribution < -0.4 is 0 Å². The van der Waals surface area contributed by atoms with Crippen LogP contribution in [0.15, 0.2) is 0 Å². The van der Waals surface area contributed by atoms with Gasteiger partial charge < -0.3 is 9.55 Å². The van der Waals surface area contributed by atoms with E-state index in [1.165, 1.54) is 0 Å². The Hall–Kier alpha value is -1.19. The minimum Gasteiger partial charge on any atom is -0.328 e. The predicted octanol–water partition coefficient (Wildman–Crippen LogP) is 2.75. The molecular formula is C13H18N4S2. The van der Waals surface area contributed by atoms with Gasteiger partial charge in [-0.2, -0.15) is 5.10 Å². The van der Waals surface area contributed by atoms with Crippen LogP contribution in [0.25, 0.3) is 11.2 Å². The van der Waals surface area contributed by atoms with Crippen LogP contribution in [0.3, 0.4) is 0 Å². The number of terminal acetylenes is 1. The highest BCUT2D eigenvalue weighted by Gasteiger charge is 2.14. The molecule has 0 saturated heterocycles. The van der Waals surface area contributed by atoms with Gasteiger partial charge in [0.05, 0.1) is 11.4 Å². The van der Waals surface area contributed by atoms with E-state index in [1.807, 2.05) is 11.7 Å². The van der Waals surface area contributed by atoms with E-state index in [-0.39, 0.29) is 0 Å². The smallest absolute Gasteiger partial charge is 0.179 e. The molecule has 0 aliphatic rings. The summed E-state index contributed by atoms with van der Waals surface area (Å²) in [4.78, 5) is 3.29. The van der Waals surface area contributed by atoms with E-state index >= 15 is 0 Å². The van der Waals surface area contributed by atoms with Gasteiger partial charge in [0.2, 0.25) is 0 Å². The highest BCUT2D eigenvalue weighted by atomic mass is 32.2. The van der Waals surface area contributed by atoms with Crippen molar-refractivity contribution in [3.05, 3.63) is 10.5 Å². The molecule has 0 radical (unpaired) electrons. The molecule has 2 rings (SSSR count). The molecular weight excluding hydrogens is 276 g/mol. The fourth-order valence-corrected chi connectivity index (χ4v) is 3.04. The number of rotatable bonds is 6. The van der Waals surface area contributed by atoms with Crippen molar-refractivity contribution in [1.29, 1.82) is 0 Å². The summed E-state index contributed by atoms with van der Waals surface area (Å²) in [7, 11) is 1.97. The van der Waals surface area contributed by atoms with Gasteiger partial charge in [0.1, 0.15) is 5.52 Å². The summed E-state index contributed by atoms with van der Waals surface area (Å²) in [5.41, 5.74) is 3.26. The van der Waals surface area contributed by atoms with E-state index in [0.29, 0.717) is 0 Å². The van der Waals surface area contributed by atoms with Crippen LogP contribution in [-0.2, 0) is 20.0 Å². The average molecular weight is 294 g/mol. The number of imidazole rings is 1. The number of fused-ring (bicyclic) bond motifs is 1. The van der Waals surface area contributed by atoms with Crippen molar-refractivity contribution >= 4 is 35.1 Å². The van der Waals surface area contributed by atoms with Crippen LogP contribution in [0.2, 0.25) is 0 Å². The summed E-state index contributed by atoms with van der Waals surface area (Å²) < 4.78 is 4.79. The lowest BCUT2D eigenvalue weighted by Gasteiger charge is -2.03. The quantitative estimate of drug-likeness (QED) is 0.506. The highest BCUT2D eigenvalue weighted by Crippen LogP contribution is 2.19. The fraction of sp³-hybridized carbons (Fsp3) is 0.538. The van der Waals surface area contributed by atoms with E-state index in [2.05, 4.69) is 27.5 Å². The minimum atomic E-state index is 0.743. The Labute approximate surface area is 122 Å². The lowest BCUT2D eigenvalue weighted by atomic mass is 10.2. The van der Waals surface area contributed by atoms with Crippen molar-refractivity contribution in [1.82, 2.24) is 19.3 Å². The number of H-pyrrole nitrogens is 1. The monoisotopic (exact) mass is 294 g/mol. The number of aryl methyl sites for hydroxylation is 3. The third-order valence-corrected chi connectivity index (χ3v) is 4.12. The largest absolute Gasteiger partial charge is 0.328 e. The molecule has 0 bridgehead atoms. The molecule has 6 heteroatoms. The van der Waals surface area contributed by atoms with Crippen LogP contribution in [0.4, 0.5) is 0 Å². The number of hydrogen-bond acceptors (Lipinski definition) is 3. The van der Waals surface area contributed by atoms with Gasteiger partial charge in [0.15, 0.2) is 10.4 Å². The Kier molecular flexibility index (Phi) is 4.72. The van der Waals surface area contributed by atoms with Gasteiger partial charge >= 0.3 is 0 Å². The molecule has 2 heterocycles. The van der Waals surface area contributed by atoms with Gasteiger partial charge in [0.25, 0.3) is 0 Å². The SMILES string of the molecule is C#CCSCCn1c(=S)[nH]c2c(CCC)nn(C)c21. The Bertz CT molecular complexity index is 657. The second-order valence-corrected chi connectivity index (χ2v) is 5.85. The number of nitrogens with zero attached hydrogens (tertiary/aromatic N) is 3. The summed E-state index contributed by atoms with van der Waals surface area (Å²) >= 11 is 7.15. The molecule has 0 aliphatic carbocycles. The number of nitrogens with one attached hydrogen (secondary N) is 1. The zero-order valence-electron chi connectivity index (χ0n) is 11.3. The molecule has 0 atom stereocenters. The molecule has 102 valence electrons. The number of aromatic amines is 1. The van der Waals surface area contributed by atoms with Crippen LogP contribution in [0, 0.1) is 17.1 Å². The molecule has 4 nitrogen and oxygen atoms in total. The summed E-state index contributed by atoms with van der Waals surface area (Å²) in [6.07, 6.45) is 7.30. The molecule has 2 aromatic heterocycles. The first-order chi connectivity index (χ1) is 9.19. The third-order valence-electron chi connectivity index (χ3n) is 2.95. The maximum Gasteiger partial charge on any atom is 0.179 e. The van der Waals surface area contributed by atoms with E-state index < -0.39 is 0 Å². The van der Waals surface area contributed by atoms with E-state index in [9.17, 15) is 0 Å². The molecule has 0 spiro atoms. The summed E-state index contributed by atoms with van der Waals surface area (Å²) in [6.45, 7) is 3.01. The predicted molar refractivity (Wildman–Crippen MR) is 84.0 cm³/mol. The van der Waals surface area contributed by atoms with Crippen molar-refractivity contribution in [2.24, 2.45) is 7.05 Å². The van der Waals surface area contributed by atoms with Crippen LogP contribution in [-0.4, -0.2) is 30.8 Å². The zero-order chi connectivity index (χ0) is 13.8. The Morgan fingerprint density at radius 3 is 3.00 bits per heavy atom. The Morgan fingerprint density at radius 1 is 1.53 bits per heavy atom. The van der Waals surface area contributed by atoms with E-state index in [0.717, 1.165) is 52.5 Å². The van der Waals surface area contributed by atoms with Crippen LogP contribution in [0.1, 0.15) is 19.0 Å². The van der Waals surface area contributed by atoms with Gasteiger partial charge in [-0.15, -0.1) is 18.2 Å². The Balaban J connectivity index is 2.31. The topological polar surface area (TPSA) is 38.5 Å². The fourth-order valence-electron chi connectivity index (χ4n) is 2.18. The zero-order valence-corrected chi connectivity index (χ0v) is 12.9. The van der Waals surface area contributed by atoms with Gasteiger partial charge in [-0.05, 0) is 18.6 Å². The first kappa shape index (κ1) is 14.2. The van der Waals surface area contributed by atoms with Gasteiger partial charge in [-0.3, -0.25) is 4.68 Å². The summed E-state index contributed by atoms with van der Waals surface area (Å²) in [5.74, 6) is 4.34. The third kappa shape index (κ3) is 2.88. The molecule has 0 aliphatic heterocycles. The lowest BCUT2D eigenvalue weighted by molar-refractivity contribution is 0.694. The maximum absolute atomic E-state index is 5.40. The van der Waals surface area contributed by atoms with Crippen LogP contribution in [0.5, 0.6) is 0 Å². The standard InChI is InChI=1S/C13H18N4S2/c1-4-6-10-11-12(16(3)15-10)17(13(18)14-11)7-9-19-8-5-2/h2H,4,6-9H2,1,3H3,(H,14,18). The molecule has 0 unspecified atom stereocenters. The first-order valence-corrected chi connectivity index (χ1v) is 7.91. The van der Waals surface area contributed by atoms with Crippen LogP contribution >= 0.6 is 24.0 Å². The Morgan fingerprint density at radius 2 is 2.32 bits per heavy atom.